The van der Waals surface area contributed by atoms with Crippen LogP contribution in [0.3, 0.4) is 0 Å². The molecule has 0 saturated carbocycles. The second kappa shape index (κ2) is 4.52. The summed E-state index contributed by atoms with van der Waals surface area (Å²) in [6, 6.07) is 5.30. The molecule has 0 spiro atoms. The molecule has 78 valence electrons. The molecule has 1 rings (SSSR count). The van der Waals surface area contributed by atoms with E-state index >= 15 is 0 Å². The average Bonchev–Trinajstić information content (AvgIpc) is 2.11. The molecule has 3 heteroatoms. The fraction of sp³-hybridized carbons (Fsp3) is 0.455. The lowest BCUT2D eigenvalue weighted by Crippen LogP contribution is -2.25. The van der Waals surface area contributed by atoms with Crippen molar-refractivity contribution in [3.8, 4) is 0 Å². The molecule has 0 radical (unpaired) electrons. The molecule has 1 nitrogen and oxygen atoms in total. The van der Waals surface area contributed by atoms with E-state index in [1.54, 1.807) is 25.1 Å². The molecular formula is C11H14Cl2O. The second-order valence-electron chi connectivity index (χ2n) is 3.76. The van der Waals surface area contributed by atoms with Gasteiger partial charge in [0, 0.05) is 16.5 Å². The third-order valence-electron chi connectivity index (χ3n) is 2.34. The number of halogens is 2. The Morgan fingerprint density at radius 1 is 1.36 bits per heavy atom. The van der Waals surface area contributed by atoms with Crippen LogP contribution in [0.4, 0.5) is 0 Å². The largest absolute Gasteiger partial charge is 0.390 e. The summed E-state index contributed by atoms with van der Waals surface area (Å²) in [6.45, 7) is 3.74. The van der Waals surface area contributed by atoms with Gasteiger partial charge in [0.1, 0.15) is 0 Å². The highest BCUT2D eigenvalue weighted by atomic mass is 35.5. The summed E-state index contributed by atoms with van der Waals surface area (Å²) in [5, 5.41) is 11.2. The van der Waals surface area contributed by atoms with Crippen molar-refractivity contribution in [2.24, 2.45) is 0 Å². The molecular weight excluding hydrogens is 219 g/mol. The van der Waals surface area contributed by atoms with Crippen LogP contribution in [0.15, 0.2) is 18.2 Å². The molecule has 0 bridgehead atoms. The molecule has 0 aromatic heterocycles. The molecule has 0 aliphatic rings. The Bertz CT molecular complexity index is 321. The van der Waals surface area contributed by atoms with Gasteiger partial charge in [-0.3, -0.25) is 0 Å². The van der Waals surface area contributed by atoms with E-state index in [-0.39, 0.29) is 0 Å². The van der Waals surface area contributed by atoms with E-state index in [4.69, 9.17) is 23.2 Å². The zero-order valence-electron chi connectivity index (χ0n) is 8.35. The molecule has 0 aliphatic heterocycles. The van der Waals surface area contributed by atoms with Gasteiger partial charge >= 0.3 is 0 Å². The highest BCUT2D eigenvalue weighted by molar-refractivity contribution is 6.33. The van der Waals surface area contributed by atoms with E-state index < -0.39 is 5.60 Å². The first-order chi connectivity index (χ1) is 6.44. The second-order valence-corrected chi connectivity index (χ2v) is 4.61. The third-order valence-corrected chi connectivity index (χ3v) is 2.94. The van der Waals surface area contributed by atoms with E-state index in [1.165, 1.54) is 0 Å². The molecule has 14 heavy (non-hydrogen) atoms. The van der Waals surface area contributed by atoms with Crippen molar-refractivity contribution in [2.45, 2.75) is 32.3 Å². The fourth-order valence-corrected chi connectivity index (χ4v) is 1.59. The first-order valence-electron chi connectivity index (χ1n) is 4.61. The number of hydrogen-bond donors (Lipinski definition) is 1. The van der Waals surface area contributed by atoms with Crippen molar-refractivity contribution in [2.75, 3.05) is 0 Å². The standard InChI is InChI=1S/C11H14Cl2O/c1-3-11(2,14)7-8-6-9(12)4-5-10(8)13/h4-6,14H,3,7H2,1-2H3. The van der Waals surface area contributed by atoms with Crippen LogP contribution in [-0.4, -0.2) is 10.7 Å². The van der Waals surface area contributed by atoms with Gasteiger partial charge in [0.2, 0.25) is 0 Å². The van der Waals surface area contributed by atoms with E-state index in [1.807, 2.05) is 6.92 Å². The van der Waals surface area contributed by atoms with Gasteiger partial charge in [-0.2, -0.15) is 0 Å². The Kier molecular flexibility index (Phi) is 3.82. The van der Waals surface area contributed by atoms with Crippen LogP contribution < -0.4 is 0 Å². The van der Waals surface area contributed by atoms with Crippen LogP contribution in [0.25, 0.3) is 0 Å². The smallest absolute Gasteiger partial charge is 0.0657 e. The van der Waals surface area contributed by atoms with Crippen molar-refractivity contribution in [1.29, 1.82) is 0 Å². The summed E-state index contributed by atoms with van der Waals surface area (Å²) >= 11 is 11.8. The predicted octanol–water partition coefficient (Wildman–Crippen LogP) is 3.70. The highest BCUT2D eigenvalue weighted by Crippen LogP contribution is 2.25. The Morgan fingerprint density at radius 2 is 2.00 bits per heavy atom. The Hall–Kier alpha value is -0.240. The quantitative estimate of drug-likeness (QED) is 0.843. The molecule has 1 aromatic carbocycles. The molecule has 0 heterocycles. The van der Waals surface area contributed by atoms with Crippen molar-refractivity contribution < 1.29 is 5.11 Å². The number of rotatable bonds is 3. The van der Waals surface area contributed by atoms with Gasteiger partial charge in [0.15, 0.2) is 0 Å². The van der Waals surface area contributed by atoms with Gasteiger partial charge in [0.05, 0.1) is 5.60 Å². The van der Waals surface area contributed by atoms with Crippen molar-refractivity contribution in [1.82, 2.24) is 0 Å². The van der Waals surface area contributed by atoms with E-state index in [0.29, 0.717) is 22.9 Å². The molecule has 0 aliphatic carbocycles. The summed E-state index contributed by atoms with van der Waals surface area (Å²) in [5.74, 6) is 0. The van der Waals surface area contributed by atoms with Crippen molar-refractivity contribution in [3.63, 3.8) is 0 Å². The maximum absolute atomic E-state index is 9.89. The van der Waals surface area contributed by atoms with Gasteiger partial charge in [-0.1, -0.05) is 30.1 Å². The zero-order valence-corrected chi connectivity index (χ0v) is 9.86. The lowest BCUT2D eigenvalue weighted by atomic mass is 9.94. The summed E-state index contributed by atoms with van der Waals surface area (Å²) in [6.07, 6.45) is 1.22. The van der Waals surface area contributed by atoms with E-state index in [2.05, 4.69) is 0 Å². The van der Waals surface area contributed by atoms with Crippen LogP contribution in [0.2, 0.25) is 10.0 Å². The van der Waals surface area contributed by atoms with Gasteiger partial charge in [0.25, 0.3) is 0 Å². The number of hydrogen-bond acceptors (Lipinski definition) is 1. The minimum Gasteiger partial charge on any atom is -0.390 e. The minimum absolute atomic E-state index is 0.531. The molecule has 1 N–H and O–H groups in total. The summed E-state index contributed by atoms with van der Waals surface area (Å²) in [4.78, 5) is 0. The van der Waals surface area contributed by atoms with E-state index in [9.17, 15) is 5.11 Å². The molecule has 0 amide bonds. The summed E-state index contributed by atoms with van der Waals surface area (Å²) in [5.41, 5.74) is 0.180. The first-order valence-corrected chi connectivity index (χ1v) is 5.36. The first kappa shape index (κ1) is 11.8. The monoisotopic (exact) mass is 232 g/mol. The van der Waals surface area contributed by atoms with Gasteiger partial charge in [-0.05, 0) is 37.1 Å². The Morgan fingerprint density at radius 3 is 2.57 bits per heavy atom. The van der Waals surface area contributed by atoms with Gasteiger partial charge in [-0.15, -0.1) is 0 Å². The zero-order chi connectivity index (χ0) is 10.8. The number of benzene rings is 1. The normalized spacial score (nSPS) is 15.2. The molecule has 1 atom stereocenters. The van der Waals surface area contributed by atoms with Crippen LogP contribution in [0.1, 0.15) is 25.8 Å². The molecule has 1 unspecified atom stereocenters. The predicted molar refractivity (Wildman–Crippen MR) is 61.1 cm³/mol. The van der Waals surface area contributed by atoms with Crippen LogP contribution in [0.5, 0.6) is 0 Å². The summed E-state index contributed by atoms with van der Waals surface area (Å²) < 4.78 is 0. The molecule has 1 aromatic rings. The highest BCUT2D eigenvalue weighted by Gasteiger charge is 2.19. The minimum atomic E-state index is -0.714. The van der Waals surface area contributed by atoms with Crippen molar-refractivity contribution in [3.05, 3.63) is 33.8 Å². The maximum atomic E-state index is 9.89. The fourth-order valence-electron chi connectivity index (χ4n) is 1.21. The maximum Gasteiger partial charge on any atom is 0.0657 e. The van der Waals surface area contributed by atoms with Gasteiger partial charge in [-0.25, -0.2) is 0 Å². The lowest BCUT2D eigenvalue weighted by molar-refractivity contribution is 0.0565. The Balaban J connectivity index is 2.91. The molecule has 0 saturated heterocycles. The van der Waals surface area contributed by atoms with Gasteiger partial charge < -0.3 is 5.11 Å². The summed E-state index contributed by atoms with van der Waals surface area (Å²) in [7, 11) is 0. The topological polar surface area (TPSA) is 20.2 Å². The van der Waals surface area contributed by atoms with Crippen LogP contribution >= 0.6 is 23.2 Å². The van der Waals surface area contributed by atoms with Crippen molar-refractivity contribution >= 4 is 23.2 Å². The van der Waals surface area contributed by atoms with Crippen LogP contribution in [-0.2, 0) is 6.42 Å². The molecule has 0 fully saturated rings. The number of aliphatic hydroxyl groups is 1. The van der Waals surface area contributed by atoms with E-state index in [0.717, 1.165) is 5.56 Å². The third kappa shape index (κ3) is 3.16. The Labute approximate surface area is 94.7 Å². The average molecular weight is 233 g/mol. The SMILES string of the molecule is CCC(C)(O)Cc1cc(Cl)ccc1Cl. The van der Waals surface area contributed by atoms with Crippen LogP contribution in [0, 0.1) is 0 Å². The lowest BCUT2D eigenvalue weighted by Gasteiger charge is -2.21.